The molecule has 1 heterocycles. The molecule has 0 atom stereocenters. The molecule has 0 N–H and O–H groups in total. The zero-order chi connectivity index (χ0) is 17.1. The molecular formula is C18H13Br2NO3. The maximum Gasteiger partial charge on any atom is 0.363 e. The minimum Gasteiger partial charge on any atom is -0.492 e. The molecular weight excluding hydrogens is 438 g/mol. The fraction of sp³-hybridized carbons (Fsp3) is 0.111. The van der Waals surface area contributed by atoms with E-state index in [9.17, 15) is 4.79 Å². The molecule has 0 radical (unpaired) electrons. The molecule has 1 aliphatic rings. The highest BCUT2D eigenvalue weighted by Gasteiger charge is 2.24. The lowest BCUT2D eigenvalue weighted by Crippen LogP contribution is -2.04. The summed E-state index contributed by atoms with van der Waals surface area (Å²) in [4.78, 5) is 16.3. The van der Waals surface area contributed by atoms with Crippen LogP contribution in [0.5, 0.6) is 5.75 Å². The minimum absolute atomic E-state index is 0.261. The van der Waals surface area contributed by atoms with Gasteiger partial charge in [-0.15, -0.1) is 0 Å². The predicted molar refractivity (Wildman–Crippen MR) is 100 cm³/mol. The second kappa shape index (κ2) is 7.32. The van der Waals surface area contributed by atoms with E-state index in [1.165, 1.54) is 0 Å². The smallest absolute Gasteiger partial charge is 0.363 e. The van der Waals surface area contributed by atoms with Gasteiger partial charge in [0.05, 0.1) is 15.6 Å². The Balaban J connectivity index is 1.94. The highest BCUT2D eigenvalue weighted by Crippen LogP contribution is 2.35. The van der Waals surface area contributed by atoms with Crippen molar-refractivity contribution in [3.05, 3.63) is 68.2 Å². The summed E-state index contributed by atoms with van der Waals surface area (Å²) < 4.78 is 12.4. The molecule has 0 spiro atoms. The molecule has 24 heavy (non-hydrogen) atoms. The number of carbonyl (C=O) groups is 1. The van der Waals surface area contributed by atoms with E-state index < -0.39 is 5.97 Å². The number of halogens is 2. The summed E-state index contributed by atoms with van der Waals surface area (Å²) in [7, 11) is 0. The first-order chi connectivity index (χ1) is 11.6. The van der Waals surface area contributed by atoms with E-state index >= 15 is 0 Å². The van der Waals surface area contributed by atoms with Gasteiger partial charge in [-0.25, -0.2) is 9.79 Å². The van der Waals surface area contributed by atoms with Crippen LogP contribution in [0.2, 0.25) is 0 Å². The minimum atomic E-state index is -0.463. The van der Waals surface area contributed by atoms with Crippen LogP contribution in [0.3, 0.4) is 0 Å². The topological polar surface area (TPSA) is 47.9 Å². The molecule has 2 aromatic carbocycles. The van der Waals surface area contributed by atoms with Gasteiger partial charge in [0, 0.05) is 5.56 Å². The standard InChI is InChI=1S/C18H13Br2NO3/c1-2-23-16-13(19)8-11(9-14(16)20)10-15-18(22)24-17(21-15)12-6-4-3-5-7-12/h3-10H,2H2,1H3. The number of benzene rings is 2. The van der Waals surface area contributed by atoms with E-state index in [4.69, 9.17) is 9.47 Å². The van der Waals surface area contributed by atoms with E-state index in [2.05, 4.69) is 36.9 Å². The van der Waals surface area contributed by atoms with E-state index in [1.807, 2.05) is 49.4 Å². The van der Waals surface area contributed by atoms with Gasteiger partial charge in [-0.05, 0) is 74.7 Å². The van der Waals surface area contributed by atoms with Gasteiger partial charge in [-0.3, -0.25) is 0 Å². The fourth-order valence-electron chi connectivity index (χ4n) is 2.22. The van der Waals surface area contributed by atoms with Crippen LogP contribution in [0, 0.1) is 0 Å². The average molecular weight is 451 g/mol. The Morgan fingerprint density at radius 1 is 1.17 bits per heavy atom. The number of hydrogen-bond acceptors (Lipinski definition) is 4. The summed E-state index contributed by atoms with van der Waals surface area (Å²) in [5.74, 6) is 0.577. The van der Waals surface area contributed by atoms with Crippen molar-refractivity contribution in [1.29, 1.82) is 0 Å². The van der Waals surface area contributed by atoms with E-state index in [-0.39, 0.29) is 5.70 Å². The molecule has 0 aromatic heterocycles. The summed E-state index contributed by atoms with van der Waals surface area (Å²) in [5.41, 5.74) is 1.84. The molecule has 0 saturated carbocycles. The molecule has 1 aliphatic heterocycles. The van der Waals surface area contributed by atoms with Crippen molar-refractivity contribution >= 4 is 49.8 Å². The first-order valence-electron chi connectivity index (χ1n) is 7.28. The lowest BCUT2D eigenvalue weighted by molar-refractivity contribution is -0.129. The number of hydrogen-bond donors (Lipinski definition) is 0. The Bertz CT molecular complexity index is 822. The number of carbonyl (C=O) groups excluding carboxylic acids is 1. The summed E-state index contributed by atoms with van der Waals surface area (Å²) in [5, 5.41) is 0. The molecule has 4 nitrogen and oxygen atoms in total. The van der Waals surface area contributed by atoms with Gasteiger partial charge < -0.3 is 9.47 Å². The van der Waals surface area contributed by atoms with Gasteiger partial charge in [-0.2, -0.15) is 0 Å². The van der Waals surface area contributed by atoms with Crippen LogP contribution in [-0.2, 0) is 9.53 Å². The van der Waals surface area contributed by atoms with Crippen molar-refractivity contribution in [2.24, 2.45) is 4.99 Å². The maximum absolute atomic E-state index is 12.0. The number of aliphatic imine (C=N–C) groups is 1. The summed E-state index contributed by atoms with van der Waals surface area (Å²) in [6, 6.07) is 13.1. The predicted octanol–water partition coefficient (Wildman–Crippen LogP) is 4.95. The molecule has 0 bridgehead atoms. The number of rotatable bonds is 4. The summed E-state index contributed by atoms with van der Waals surface area (Å²) >= 11 is 6.95. The Morgan fingerprint density at radius 2 is 1.83 bits per heavy atom. The normalized spacial score (nSPS) is 15.4. The maximum atomic E-state index is 12.0. The van der Waals surface area contributed by atoms with Crippen molar-refractivity contribution in [2.75, 3.05) is 6.61 Å². The Morgan fingerprint density at radius 3 is 2.46 bits per heavy atom. The van der Waals surface area contributed by atoms with Crippen molar-refractivity contribution in [3.63, 3.8) is 0 Å². The molecule has 122 valence electrons. The highest BCUT2D eigenvalue weighted by molar-refractivity contribution is 9.11. The second-order valence-electron chi connectivity index (χ2n) is 4.95. The van der Waals surface area contributed by atoms with Crippen molar-refractivity contribution in [3.8, 4) is 5.75 Å². The largest absolute Gasteiger partial charge is 0.492 e. The van der Waals surface area contributed by atoms with E-state index in [0.29, 0.717) is 12.5 Å². The third-order valence-electron chi connectivity index (χ3n) is 3.25. The first-order valence-corrected chi connectivity index (χ1v) is 8.87. The van der Waals surface area contributed by atoms with Crippen molar-refractivity contribution in [1.82, 2.24) is 0 Å². The Kier molecular flexibility index (Phi) is 5.16. The molecule has 0 saturated heterocycles. The third-order valence-corrected chi connectivity index (χ3v) is 4.43. The zero-order valence-corrected chi connectivity index (χ0v) is 15.9. The molecule has 0 amide bonds. The van der Waals surface area contributed by atoms with Crippen molar-refractivity contribution < 1.29 is 14.3 Å². The van der Waals surface area contributed by atoms with Crippen LogP contribution >= 0.6 is 31.9 Å². The molecule has 3 rings (SSSR count). The average Bonchev–Trinajstić information content (AvgIpc) is 2.93. The third kappa shape index (κ3) is 3.60. The number of cyclic esters (lactones) is 1. The number of ether oxygens (including phenoxy) is 2. The van der Waals surface area contributed by atoms with Gasteiger partial charge >= 0.3 is 5.97 Å². The van der Waals surface area contributed by atoms with Gasteiger partial charge in [0.2, 0.25) is 5.90 Å². The molecule has 6 heteroatoms. The Hall–Kier alpha value is -1.92. The van der Waals surface area contributed by atoms with Crippen molar-refractivity contribution in [2.45, 2.75) is 6.92 Å². The SMILES string of the molecule is CCOc1c(Br)cc(C=C2N=C(c3ccccc3)OC2=O)cc1Br. The summed E-state index contributed by atoms with van der Waals surface area (Å²) in [6.45, 7) is 2.48. The van der Waals surface area contributed by atoms with Crippen LogP contribution in [-0.4, -0.2) is 18.5 Å². The van der Waals surface area contributed by atoms with Crippen LogP contribution in [0.1, 0.15) is 18.1 Å². The number of esters is 1. The highest BCUT2D eigenvalue weighted by atomic mass is 79.9. The number of nitrogens with zero attached hydrogens (tertiary/aromatic N) is 1. The van der Waals surface area contributed by atoms with E-state index in [0.717, 1.165) is 25.8 Å². The zero-order valence-electron chi connectivity index (χ0n) is 12.8. The van der Waals surface area contributed by atoms with Gasteiger partial charge in [0.1, 0.15) is 5.75 Å². The van der Waals surface area contributed by atoms with E-state index in [1.54, 1.807) is 6.08 Å². The lowest BCUT2D eigenvalue weighted by atomic mass is 10.2. The van der Waals surface area contributed by atoms with Gasteiger partial charge in [0.25, 0.3) is 0 Å². The fourth-order valence-corrected chi connectivity index (χ4v) is 3.67. The molecule has 0 aliphatic carbocycles. The molecule has 2 aromatic rings. The second-order valence-corrected chi connectivity index (χ2v) is 6.66. The summed E-state index contributed by atoms with van der Waals surface area (Å²) in [6.07, 6.45) is 1.68. The molecule has 0 fully saturated rings. The monoisotopic (exact) mass is 449 g/mol. The Labute approximate surface area is 156 Å². The quantitative estimate of drug-likeness (QED) is 0.488. The van der Waals surface area contributed by atoms with Gasteiger partial charge in [-0.1, -0.05) is 18.2 Å². The van der Waals surface area contributed by atoms with Crippen LogP contribution in [0.4, 0.5) is 0 Å². The van der Waals surface area contributed by atoms with Crippen LogP contribution in [0.15, 0.2) is 62.1 Å². The van der Waals surface area contributed by atoms with Crippen LogP contribution in [0.25, 0.3) is 6.08 Å². The van der Waals surface area contributed by atoms with Crippen LogP contribution < -0.4 is 4.74 Å². The lowest BCUT2D eigenvalue weighted by Gasteiger charge is -2.09. The first kappa shape index (κ1) is 16.9. The van der Waals surface area contributed by atoms with Gasteiger partial charge in [0.15, 0.2) is 5.70 Å². The molecule has 0 unspecified atom stereocenters.